The Morgan fingerprint density at radius 3 is 2.67 bits per heavy atom. The molecular formula is C20H26BrNO2. The summed E-state index contributed by atoms with van der Waals surface area (Å²) in [6.07, 6.45) is 2.39. The van der Waals surface area contributed by atoms with E-state index in [0.29, 0.717) is 6.61 Å². The Labute approximate surface area is 153 Å². The lowest BCUT2D eigenvalue weighted by molar-refractivity contribution is 0.281. The van der Waals surface area contributed by atoms with Crippen LogP contribution in [0.25, 0.3) is 0 Å². The molecule has 2 aromatic carbocycles. The molecule has 24 heavy (non-hydrogen) atoms. The van der Waals surface area contributed by atoms with Crippen LogP contribution in [0.1, 0.15) is 36.5 Å². The molecule has 0 amide bonds. The van der Waals surface area contributed by atoms with E-state index in [1.165, 1.54) is 29.5 Å². The van der Waals surface area contributed by atoms with Crippen LogP contribution in [0.5, 0.6) is 11.5 Å². The number of rotatable bonds is 9. The van der Waals surface area contributed by atoms with E-state index in [1.54, 1.807) is 7.11 Å². The van der Waals surface area contributed by atoms with Gasteiger partial charge in [-0.15, -0.1) is 0 Å². The number of benzene rings is 2. The van der Waals surface area contributed by atoms with E-state index < -0.39 is 0 Å². The quantitative estimate of drug-likeness (QED) is 0.593. The first-order valence-corrected chi connectivity index (χ1v) is 9.19. The summed E-state index contributed by atoms with van der Waals surface area (Å²) in [6, 6.07) is 12.4. The third kappa shape index (κ3) is 5.25. The molecule has 0 fully saturated rings. The van der Waals surface area contributed by atoms with Crippen molar-refractivity contribution in [2.24, 2.45) is 0 Å². The lowest BCUT2D eigenvalue weighted by Crippen LogP contribution is -2.14. The molecule has 0 saturated carbocycles. The largest absolute Gasteiger partial charge is 0.493 e. The van der Waals surface area contributed by atoms with Gasteiger partial charge in [0.05, 0.1) is 11.6 Å². The monoisotopic (exact) mass is 391 g/mol. The van der Waals surface area contributed by atoms with E-state index >= 15 is 0 Å². The molecule has 0 unspecified atom stereocenters. The van der Waals surface area contributed by atoms with E-state index in [0.717, 1.165) is 29.1 Å². The number of nitrogens with one attached hydrogen (secondary N) is 1. The van der Waals surface area contributed by atoms with Crippen molar-refractivity contribution in [3.05, 3.63) is 57.6 Å². The molecule has 2 aromatic rings. The van der Waals surface area contributed by atoms with Crippen LogP contribution in [0.15, 0.2) is 40.9 Å². The van der Waals surface area contributed by atoms with Gasteiger partial charge in [0.1, 0.15) is 6.61 Å². The minimum Gasteiger partial charge on any atom is -0.493 e. The predicted octanol–water partition coefficient (Wildman–Crippen LogP) is 5.23. The summed E-state index contributed by atoms with van der Waals surface area (Å²) >= 11 is 3.62. The standard InChI is InChI=1S/C20H26BrNO2/c1-4-5-10-22-13-16-11-18(21)20(19(12-16)23-3)24-14-17-9-7-6-8-15(17)2/h6-9,11-12,22H,4-5,10,13-14H2,1-3H3. The van der Waals surface area contributed by atoms with Crippen molar-refractivity contribution >= 4 is 15.9 Å². The molecule has 130 valence electrons. The number of halogens is 1. The summed E-state index contributed by atoms with van der Waals surface area (Å²) < 4.78 is 12.5. The summed E-state index contributed by atoms with van der Waals surface area (Å²) in [5.41, 5.74) is 3.58. The fourth-order valence-electron chi connectivity index (χ4n) is 2.47. The number of unbranched alkanes of at least 4 members (excludes halogenated alkanes) is 1. The molecule has 0 aliphatic carbocycles. The van der Waals surface area contributed by atoms with E-state index in [-0.39, 0.29) is 0 Å². The molecule has 0 radical (unpaired) electrons. The number of ether oxygens (including phenoxy) is 2. The highest BCUT2D eigenvalue weighted by molar-refractivity contribution is 9.10. The van der Waals surface area contributed by atoms with Crippen LogP contribution in [-0.4, -0.2) is 13.7 Å². The van der Waals surface area contributed by atoms with Crippen molar-refractivity contribution in [2.45, 2.75) is 39.8 Å². The van der Waals surface area contributed by atoms with Crippen molar-refractivity contribution in [3.63, 3.8) is 0 Å². The van der Waals surface area contributed by atoms with Gasteiger partial charge < -0.3 is 14.8 Å². The molecular weight excluding hydrogens is 366 g/mol. The Bertz CT molecular complexity index is 658. The summed E-state index contributed by atoms with van der Waals surface area (Å²) in [4.78, 5) is 0. The van der Waals surface area contributed by atoms with Crippen molar-refractivity contribution in [2.75, 3.05) is 13.7 Å². The second-order valence-corrected chi connectivity index (χ2v) is 6.71. The van der Waals surface area contributed by atoms with Crippen LogP contribution in [0.2, 0.25) is 0 Å². The molecule has 0 spiro atoms. The first kappa shape index (κ1) is 18.8. The third-order valence-corrected chi connectivity index (χ3v) is 4.55. The van der Waals surface area contributed by atoms with Gasteiger partial charge in [-0.25, -0.2) is 0 Å². The zero-order valence-corrected chi connectivity index (χ0v) is 16.3. The molecule has 2 rings (SSSR count). The smallest absolute Gasteiger partial charge is 0.175 e. The number of hydrogen-bond acceptors (Lipinski definition) is 3. The number of aryl methyl sites for hydroxylation is 1. The van der Waals surface area contributed by atoms with Gasteiger partial charge in [0, 0.05) is 6.54 Å². The van der Waals surface area contributed by atoms with Gasteiger partial charge in [0.25, 0.3) is 0 Å². The number of hydrogen-bond donors (Lipinski definition) is 1. The Morgan fingerprint density at radius 1 is 1.17 bits per heavy atom. The molecule has 0 aliphatic rings. The maximum atomic E-state index is 6.03. The molecule has 0 atom stereocenters. The average Bonchev–Trinajstić information content (AvgIpc) is 2.58. The summed E-state index contributed by atoms with van der Waals surface area (Å²) in [5.74, 6) is 1.50. The van der Waals surface area contributed by atoms with E-state index in [2.05, 4.69) is 53.3 Å². The van der Waals surface area contributed by atoms with Crippen LogP contribution in [0, 0.1) is 6.92 Å². The van der Waals surface area contributed by atoms with Gasteiger partial charge in [-0.3, -0.25) is 0 Å². The molecule has 0 aromatic heterocycles. The van der Waals surface area contributed by atoms with E-state index in [1.807, 2.05) is 18.2 Å². The predicted molar refractivity (Wildman–Crippen MR) is 103 cm³/mol. The van der Waals surface area contributed by atoms with Gasteiger partial charge in [0.2, 0.25) is 0 Å². The first-order valence-electron chi connectivity index (χ1n) is 8.40. The summed E-state index contributed by atoms with van der Waals surface area (Å²) in [5, 5.41) is 3.45. The third-order valence-electron chi connectivity index (χ3n) is 3.96. The van der Waals surface area contributed by atoms with Crippen LogP contribution in [0.3, 0.4) is 0 Å². The second kappa shape index (κ2) is 9.70. The zero-order chi connectivity index (χ0) is 17.4. The molecule has 0 aliphatic heterocycles. The Morgan fingerprint density at radius 2 is 1.96 bits per heavy atom. The molecule has 0 saturated heterocycles. The first-order chi connectivity index (χ1) is 11.7. The fraction of sp³-hybridized carbons (Fsp3) is 0.400. The van der Waals surface area contributed by atoms with Crippen molar-refractivity contribution < 1.29 is 9.47 Å². The Kier molecular flexibility index (Phi) is 7.60. The molecule has 3 nitrogen and oxygen atoms in total. The minimum absolute atomic E-state index is 0.524. The normalized spacial score (nSPS) is 10.7. The summed E-state index contributed by atoms with van der Waals surface area (Å²) in [7, 11) is 1.68. The van der Waals surface area contributed by atoms with E-state index in [9.17, 15) is 0 Å². The molecule has 1 N–H and O–H groups in total. The van der Waals surface area contributed by atoms with Gasteiger partial charge >= 0.3 is 0 Å². The second-order valence-electron chi connectivity index (χ2n) is 5.85. The average molecular weight is 392 g/mol. The van der Waals surface area contributed by atoms with Crippen LogP contribution in [-0.2, 0) is 13.2 Å². The van der Waals surface area contributed by atoms with Crippen molar-refractivity contribution in [1.29, 1.82) is 0 Å². The summed E-state index contributed by atoms with van der Waals surface area (Å²) in [6.45, 7) is 6.67. The number of methoxy groups -OCH3 is 1. The highest BCUT2D eigenvalue weighted by Crippen LogP contribution is 2.37. The Hall–Kier alpha value is -1.52. The molecule has 4 heteroatoms. The molecule has 0 bridgehead atoms. The van der Waals surface area contributed by atoms with Crippen LogP contribution >= 0.6 is 15.9 Å². The van der Waals surface area contributed by atoms with Gasteiger partial charge in [-0.05, 0) is 64.6 Å². The lowest BCUT2D eigenvalue weighted by Gasteiger charge is -2.15. The van der Waals surface area contributed by atoms with Crippen LogP contribution < -0.4 is 14.8 Å². The fourth-order valence-corrected chi connectivity index (χ4v) is 3.08. The van der Waals surface area contributed by atoms with Gasteiger partial charge in [0.15, 0.2) is 11.5 Å². The minimum atomic E-state index is 0.524. The highest BCUT2D eigenvalue weighted by atomic mass is 79.9. The van der Waals surface area contributed by atoms with Crippen molar-refractivity contribution in [1.82, 2.24) is 5.32 Å². The van der Waals surface area contributed by atoms with Crippen LogP contribution in [0.4, 0.5) is 0 Å². The van der Waals surface area contributed by atoms with Gasteiger partial charge in [-0.2, -0.15) is 0 Å². The topological polar surface area (TPSA) is 30.5 Å². The lowest BCUT2D eigenvalue weighted by atomic mass is 10.1. The zero-order valence-electron chi connectivity index (χ0n) is 14.7. The SMILES string of the molecule is CCCCNCc1cc(Br)c(OCc2ccccc2C)c(OC)c1. The maximum absolute atomic E-state index is 6.03. The van der Waals surface area contributed by atoms with Gasteiger partial charge in [-0.1, -0.05) is 37.6 Å². The highest BCUT2D eigenvalue weighted by Gasteiger charge is 2.12. The van der Waals surface area contributed by atoms with E-state index in [4.69, 9.17) is 9.47 Å². The maximum Gasteiger partial charge on any atom is 0.175 e. The Balaban J connectivity index is 2.08. The molecule has 0 heterocycles. The van der Waals surface area contributed by atoms with Crippen molar-refractivity contribution in [3.8, 4) is 11.5 Å².